The Morgan fingerprint density at radius 3 is 2.00 bits per heavy atom. The molecule has 0 N–H and O–H groups in total. The molecule has 2 unspecified atom stereocenters. The van der Waals surface area contributed by atoms with E-state index in [1.165, 1.54) is 56.9 Å². The van der Waals surface area contributed by atoms with Gasteiger partial charge in [0.1, 0.15) is 18.5 Å². The molecule has 0 radical (unpaired) electrons. The summed E-state index contributed by atoms with van der Waals surface area (Å²) in [5.74, 6) is 1.30. The Morgan fingerprint density at radius 2 is 1.36 bits per heavy atom. The molecule has 0 amide bonds. The molecular formula is C28H42F2N2O. The second kappa shape index (κ2) is 16.6. The van der Waals surface area contributed by atoms with Crippen LogP contribution in [-0.4, -0.2) is 28.9 Å². The minimum Gasteiger partial charge on any atom is -0.491 e. The quantitative estimate of drug-likeness (QED) is 0.209. The van der Waals surface area contributed by atoms with Gasteiger partial charge in [-0.25, -0.2) is 18.7 Å². The predicted molar refractivity (Wildman–Crippen MR) is 133 cm³/mol. The van der Waals surface area contributed by atoms with Crippen LogP contribution in [0.4, 0.5) is 8.78 Å². The average Bonchev–Trinajstić information content (AvgIpc) is 2.85. The number of hydrogen-bond acceptors (Lipinski definition) is 3. The van der Waals surface area contributed by atoms with E-state index in [-0.39, 0.29) is 6.61 Å². The average molecular weight is 461 g/mol. The molecule has 0 spiro atoms. The Balaban J connectivity index is 1.67. The summed E-state index contributed by atoms with van der Waals surface area (Å²) in [7, 11) is 0. The first-order valence-corrected chi connectivity index (χ1v) is 12.9. The monoisotopic (exact) mass is 460 g/mol. The van der Waals surface area contributed by atoms with Crippen molar-refractivity contribution in [3.63, 3.8) is 0 Å². The minimum atomic E-state index is -1.08. The lowest BCUT2D eigenvalue weighted by Crippen LogP contribution is -2.13. The van der Waals surface area contributed by atoms with Gasteiger partial charge in [0.2, 0.25) is 0 Å². The van der Waals surface area contributed by atoms with Crippen LogP contribution in [0.3, 0.4) is 0 Å². The van der Waals surface area contributed by atoms with E-state index in [4.69, 9.17) is 4.74 Å². The highest BCUT2D eigenvalue weighted by Crippen LogP contribution is 2.21. The summed E-state index contributed by atoms with van der Waals surface area (Å²) in [6, 6.07) is 7.42. The van der Waals surface area contributed by atoms with E-state index in [9.17, 15) is 8.78 Å². The maximum absolute atomic E-state index is 14.0. The first-order chi connectivity index (χ1) is 16.1. The van der Waals surface area contributed by atoms with Gasteiger partial charge in [-0.3, -0.25) is 0 Å². The molecule has 2 rings (SSSR count). The van der Waals surface area contributed by atoms with Crippen molar-refractivity contribution < 1.29 is 13.5 Å². The van der Waals surface area contributed by atoms with E-state index in [2.05, 4.69) is 16.9 Å². The third-order valence-corrected chi connectivity index (χ3v) is 6.05. The summed E-state index contributed by atoms with van der Waals surface area (Å²) in [4.78, 5) is 9.03. The standard InChI is InChI=1S/C28H42F2N2O/c1-3-5-6-7-8-9-10-11-13-23-20-31-28(32-21-23)24-16-18-27(19-17-24)33-22-26(30)15-12-14-25(29)4-2/h16-21,25-26H,3-15,22H2,1-2H3. The third kappa shape index (κ3) is 11.6. The number of benzene rings is 1. The van der Waals surface area contributed by atoms with Gasteiger partial charge in [0.15, 0.2) is 5.82 Å². The Morgan fingerprint density at radius 1 is 0.758 bits per heavy atom. The molecule has 3 nitrogen and oxygen atoms in total. The van der Waals surface area contributed by atoms with E-state index in [0.717, 1.165) is 12.0 Å². The SMILES string of the molecule is CCCCCCCCCCc1cnc(-c2ccc(OCC(F)CCCC(F)CC)cc2)nc1. The molecule has 5 heteroatoms. The summed E-state index contributed by atoms with van der Waals surface area (Å²) in [6.07, 6.45) is 15.3. The number of aryl methyl sites for hydroxylation is 1. The van der Waals surface area contributed by atoms with E-state index in [1.54, 1.807) is 0 Å². The third-order valence-electron chi connectivity index (χ3n) is 6.05. The topological polar surface area (TPSA) is 35.0 Å². The second-order valence-corrected chi connectivity index (χ2v) is 9.01. The van der Waals surface area contributed by atoms with Crippen LogP contribution < -0.4 is 4.74 Å². The van der Waals surface area contributed by atoms with Gasteiger partial charge in [-0.1, -0.05) is 58.8 Å². The second-order valence-electron chi connectivity index (χ2n) is 9.01. The fraction of sp³-hybridized carbons (Fsp3) is 0.643. The molecule has 0 aliphatic carbocycles. The highest BCUT2D eigenvalue weighted by atomic mass is 19.1. The zero-order chi connectivity index (χ0) is 23.7. The normalized spacial score (nSPS) is 13.1. The number of alkyl halides is 2. The van der Waals surface area contributed by atoms with Gasteiger partial charge < -0.3 is 4.74 Å². The Hall–Kier alpha value is -2.04. The van der Waals surface area contributed by atoms with Gasteiger partial charge in [-0.15, -0.1) is 0 Å². The fourth-order valence-electron chi connectivity index (χ4n) is 3.83. The summed E-state index contributed by atoms with van der Waals surface area (Å²) in [6.45, 7) is 4.05. The molecule has 0 aliphatic heterocycles. The van der Waals surface area contributed by atoms with Crippen molar-refractivity contribution in [1.29, 1.82) is 0 Å². The molecule has 1 aromatic carbocycles. The number of aromatic nitrogens is 2. The van der Waals surface area contributed by atoms with Gasteiger partial charge >= 0.3 is 0 Å². The van der Waals surface area contributed by atoms with Crippen molar-refractivity contribution in [2.24, 2.45) is 0 Å². The largest absolute Gasteiger partial charge is 0.491 e. The number of hydrogen-bond donors (Lipinski definition) is 0. The fourth-order valence-corrected chi connectivity index (χ4v) is 3.83. The lowest BCUT2D eigenvalue weighted by Gasteiger charge is -2.11. The molecule has 0 saturated heterocycles. The highest BCUT2D eigenvalue weighted by Gasteiger charge is 2.10. The maximum atomic E-state index is 14.0. The Kier molecular flexibility index (Phi) is 13.6. The predicted octanol–water partition coefficient (Wildman–Crippen LogP) is 8.46. The van der Waals surface area contributed by atoms with Crippen LogP contribution in [0.5, 0.6) is 5.75 Å². The minimum absolute atomic E-state index is 0.00758. The van der Waals surface area contributed by atoms with Crippen LogP contribution in [-0.2, 0) is 6.42 Å². The lowest BCUT2D eigenvalue weighted by atomic mass is 10.1. The number of nitrogens with zero attached hydrogens (tertiary/aromatic N) is 2. The first kappa shape index (κ1) is 27.2. The number of unbranched alkanes of at least 4 members (excludes halogenated alkanes) is 7. The zero-order valence-corrected chi connectivity index (χ0v) is 20.6. The summed E-state index contributed by atoms with van der Waals surface area (Å²) < 4.78 is 32.7. The molecule has 1 aromatic heterocycles. The molecule has 1 heterocycles. The van der Waals surface area contributed by atoms with Crippen molar-refractivity contribution in [3.05, 3.63) is 42.2 Å². The van der Waals surface area contributed by atoms with E-state index in [0.29, 0.717) is 37.3 Å². The van der Waals surface area contributed by atoms with Crippen LogP contribution in [0.2, 0.25) is 0 Å². The molecular weight excluding hydrogens is 418 g/mol. The van der Waals surface area contributed by atoms with E-state index in [1.807, 2.05) is 43.6 Å². The van der Waals surface area contributed by atoms with Crippen molar-refractivity contribution in [3.8, 4) is 17.1 Å². The number of halogens is 2. The van der Waals surface area contributed by atoms with Crippen LogP contribution in [0.25, 0.3) is 11.4 Å². The van der Waals surface area contributed by atoms with Crippen molar-refractivity contribution in [2.45, 2.75) is 110 Å². The van der Waals surface area contributed by atoms with Gasteiger partial charge in [0, 0.05) is 18.0 Å². The van der Waals surface area contributed by atoms with Crippen LogP contribution >= 0.6 is 0 Å². The number of ether oxygens (including phenoxy) is 1. The zero-order valence-electron chi connectivity index (χ0n) is 20.6. The molecule has 0 fully saturated rings. The molecule has 0 aliphatic rings. The van der Waals surface area contributed by atoms with Crippen molar-refractivity contribution in [2.75, 3.05) is 6.61 Å². The summed E-state index contributed by atoms with van der Waals surface area (Å²) in [5, 5.41) is 0. The molecule has 0 bridgehead atoms. The Labute approximate surface area is 199 Å². The maximum Gasteiger partial charge on any atom is 0.159 e. The van der Waals surface area contributed by atoms with Crippen LogP contribution in [0, 0.1) is 0 Å². The van der Waals surface area contributed by atoms with Gasteiger partial charge in [-0.05, 0) is 68.4 Å². The van der Waals surface area contributed by atoms with Crippen molar-refractivity contribution >= 4 is 0 Å². The molecule has 184 valence electrons. The highest BCUT2D eigenvalue weighted by molar-refractivity contribution is 5.55. The van der Waals surface area contributed by atoms with Crippen molar-refractivity contribution in [1.82, 2.24) is 9.97 Å². The number of rotatable bonds is 18. The van der Waals surface area contributed by atoms with Crippen LogP contribution in [0.1, 0.15) is 96.5 Å². The molecule has 2 aromatic rings. The van der Waals surface area contributed by atoms with E-state index >= 15 is 0 Å². The first-order valence-electron chi connectivity index (χ1n) is 12.9. The summed E-state index contributed by atoms with van der Waals surface area (Å²) in [5.41, 5.74) is 2.09. The molecule has 0 saturated carbocycles. The smallest absolute Gasteiger partial charge is 0.159 e. The summed E-state index contributed by atoms with van der Waals surface area (Å²) >= 11 is 0. The lowest BCUT2D eigenvalue weighted by molar-refractivity contribution is 0.178. The van der Waals surface area contributed by atoms with Crippen LogP contribution in [0.15, 0.2) is 36.7 Å². The van der Waals surface area contributed by atoms with Gasteiger partial charge in [0.05, 0.1) is 6.17 Å². The molecule has 2 atom stereocenters. The van der Waals surface area contributed by atoms with Gasteiger partial charge in [-0.2, -0.15) is 0 Å². The Bertz CT molecular complexity index is 737. The van der Waals surface area contributed by atoms with E-state index < -0.39 is 12.3 Å². The molecule has 33 heavy (non-hydrogen) atoms. The van der Waals surface area contributed by atoms with Gasteiger partial charge in [0.25, 0.3) is 0 Å².